The minimum absolute atomic E-state index is 0.210. The molecule has 14 heavy (non-hydrogen) atoms. The Morgan fingerprint density at radius 1 is 1.64 bits per heavy atom. The molecule has 1 saturated carbocycles. The molecule has 0 aromatic heterocycles. The smallest absolute Gasteiger partial charge is 0.230 e. The van der Waals surface area contributed by atoms with Crippen LogP contribution in [0.1, 0.15) is 26.2 Å². The summed E-state index contributed by atoms with van der Waals surface area (Å²) >= 11 is 0. The van der Waals surface area contributed by atoms with Crippen molar-refractivity contribution in [2.24, 2.45) is 11.1 Å². The molecule has 0 saturated heterocycles. The van der Waals surface area contributed by atoms with E-state index in [0.29, 0.717) is 13.1 Å². The van der Waals surface area contributed by atoms with Crippen molar-refractivity contribution in [1.29, 1.82) is 0 Å². The molecular weight excluding hydrogens is 176 g/mol. The Balaban J connectivity index is 2.58. The van der Waals surface area contributed by atoms with Crippen LogP contribution >= 0.6 is 0 Å². The fourth-order valence-electron chi connectivity index (χ4n) is 1.69. The van der Waals surface area contributed by atoms with Gasteiger partial charge in [0, 0.05) is 19.6 Å². The third-order valence-electron chi connectivity index (χ3n) is 2.83. The van der Waals surface area contributed by atoms with E-state index in [1.807, 2.05) is 4.90 Å². The molecule has 0 spiro atoms. The Morgan fingerprint density at radius 2 is 2.29 bits per heavy atom. The van der Waals surface area contributed by atoms with E-state index in [2.05, 4.69) is 13.5 Å². The number of nitrogens with zero attached hydrogens (tertiary/aromatic N) is 1. The number of amides is 1. The first-order valence-corrected chi connectivity index (χ1v) is 5.30. The summed E-state index contributed by atoms with van der Waals surface area (Å²) in [4.78, 5) is 13.9. The van der Waals surface area contributed by atoms with Crippen molar-refractivity contribution in [2.45, 2.75) is 26.2 Å². The average molecular weight is 196 g/mol. The minimum Gasteiger partial charge on any atom is -0.338 e. The van der Waals surface area contributed by atoms with Gasteiger partial charge in [-0.2, -0.15) is 0 Å². The number of nitrogens with two attached hydrogens (primary N) is 1. The first-order valence-electron chi connectivity index (χ1n) is 5.30. The molecule has 0 aromatic rings. The molecule has 0 heterocycles. The van der Waals surface area contributed by atoms with Crippen molar-refractivity contribution in [3.8, 4) is 0 Å². The van der Waals surface area contributed by atoms with Gasteiger partial charge in [0.15, 0.2) is 0 Å². The van der Waals surface area contributed by atoms with Crippen LogP contribution in [0.4, 0.5) is 0 Å². The first kappa shape index (κ1) is 11.2. The average Bonchev–Trinajstić information content (AvgIpc) is 2.97. The molecule has 1 aliphatic rings. The van der Waals surface area contributed by atoms with Gasteiger partial charge in [0.25, 0.3) is 0 Å². The van der Waals surface area contributed by atoms with Crippen LogP contribution in [0, 0.1) is 5.41 Å². The Bertz CT molecular complexity index is 221. The number of hydrogen-bond donors (Lipinski definition) is 1. The maximum Gasteiger partial charge on any atom is 0.230 e. The molecule has 1 aliphatic carbocycles. The molecule has 1 rings (SSSR count). The fraction of sp³-hybridized carbons (Fsp3) is 0.727. The molecule has 0 atom stereocenters. The predicted octanol–water partition coefficient (Wildman–Crippen LogP) is 1.15. The molecule has 3 heteroatoms. The Morgan fingerprint density at radius 3 is 2.64 bits per heavy atom. The molecule has 0 aliphatic heterocycles. The van der Waals surface area contributed by atoms with Crippen LogP contribution in [0.3, 0.4) is 0 Å². The van der Waals surface area contributed by atoms with Crippen LogP contribution < -0.4 is 5.73 Å². The summed E-state index contributed by atoms with van der Waals surface area (Å²) in [5, 5.41) is 0. The molecule has 0 aromatic carbocycles. The predicted molar refractivity (Wildman–Crippen MR) is 57.8 cm³/mol. The summed E-state index contributed by atoms with van der Waals surface area (Å²) in [6.07, 6.45) is 4.68. The second-order valence-corrected chi connectivity index (χ2v) is 4.02. The van der Waals surface area contributed by atoms with Crippen molar-refractivity contribution in [1.82, 2.24) is 4.90 Å². The highest BCUT2D eigenvalue weighted by Crippen LogP contribution is 2.46. The van der Waals surface area contributed by atoms with E-state index in [-0.39, 0.29) is 11.3 Å². The standard InChI is InChI=1S/C11H20N2O/c1-3-7-13(8-4-2)10(14)11(9-12)5-6-11/h3H,1,4-9,12H2,2H3. The summed E-state index contributed by atoms with van der Waals surface area (Å²) in [5.41, 5.74) is 5.42. The lowest BCUT2D eigenvalue weighted by atomic mass is 10.1. The topological polar surface area (TPSA) is 46.3 Å². The Hall–Kier alpha value is -0.830. The van der Waals surface area contributed by atoms with Gasteiger partial charge < -0.3 is 10.6 Å². The minimum atomic E-state index is -0.210. The molecular formula is C11H20N2O. The van der Waals surface area contributed by atoms with Crippen LogP contribution in [0.25, 0.3) is 0 Å². The van der Waals surface area contributed by atoms with Crippen LogP contribution in [-0.4, -0.2) is 30.4 Å². The number of hydrogen-bond acceptors (Lipinski definition) is 2. The highest BCUT2D eigenvalue weighted by molar-refractivity contribution is 5.85. The van der Waals surface area contributed by atoms with Gasteiger partial charge in [-0.15, -0.1) is 6.58 Å². The summed E-state index contributed by atoms with van der Waals surface area (Å²) in [6.45, 7) is 7.69. The summed E-state index contributed by atoms with van der Waals surface area (Å²) in [7, 11) is 0. The van der Waals surface area contributed by atoms with E-state index in [4.69, 9.17) is 5.73 Å². The molecule has 2 N–H and O–H groups in total. The second-order valence-electron chi connectivity index (χ2n) is 4.02. The lowest BCUT2D eigenvalue weighted by molar-refractivity contribution is -0.136. The summed E-state index contributed by atoms with van der Waals surface area (Å²) < 4.78 is 0. The fourth-order valence-corrected chi connectivity index (χ4v) is 1.69. The van der Waals surface area contributed by atoms with E-state index in [1.54, 1.807) is 6.08 Å². The van der Waals surface area contributed by atoms with Crippen molar-refractivity contribution in [2.75, 3.05) is 19.6 Å². The molecule has 0 bridgehead atoms. The zero-order valence-electron chi connectivity index (χ0n) is 8.96. The van der Waals surface area contributed by atoms with Crippen molar-refractivity contribution in [3.05, 3.63) is 12.7 Å². The maximum absolute atomic E-state index is 12.0. The maximum atomic E-state index is 12.0. The second kappa shape index (κ2) is 4.60. The Kier molecular flexibility index (Phi) is 3.69. The van der Waals surface area contributed by atoms with Gasteiger partial charge in [-0.1, -0.05) is 13.0 Å². The zero-order chi connectivity index (χ0) is 10.6. The van der Waals surface area contributed by atoms with Gasteiger partial charge in [-0.05, 0) is 19.3 Å². The molecule has 0 unspecified atom stereocenters. The SMILES string of the molecule is C=CCN(CCC)C(=O)C1(CN)CC1. The van der Waals surface area contributed by atoms with Crippen LogP contribution in [0.5, 0.6) is 0 Å². The van der Waals surface area contributed by atoms with Crippen LogP contribution in [0.15, 0.2) is 12.7 Å². The highest BCUT2D eigenvalue weighted by Gasteiger charge is 2.50. The van der Waals surface area contributed by atoms with Crippen molar-refractivity contribution >= 4 is 5.91 Å². The monoisotopic (exact) mass is 196 g/mol. The third-order valence-corrected chi connectivity index (χ3v) is 2.83. The van der Waals surface area contributed by atoms with E-state index >= 15 is 0 Å². The number of carbonyl (C=O) groups is 1. The lowest BCUT2D eigenvalue weighted by Gasteiger charge is -2.25. The van der Waals surface area contributed by atoms with Gasteiger partial charge in [0.1, 0.15) is 0 Å². The van der Waals surface area contributed by atoms with E-state index < -0.39 is 0 Å². The quantitative estimate of drug-likeness (QED) is 0.648. The molecule has 3 nitrogen and oxygen atoms in total. The van der Waals surface area contributed by atoms with E-state index in [1.165, 1.54) is 0 Å². The molecule has 1 fully saturated rings. The summed E-state index contributed by atoms with van der Waals surface area (Å²) in [5.74, 6) is 0.224. The highest BCUT2D eigenvalue weighted by atomic mass is 16.2. The van der Waals surface area contributed by atoms with Gasteiger partial charge >= 0.3 is 0 Å². The van der Waals surface area contributed by atoms with E-state index in [9.17, 15) is 4.79 Å². The first-order chi connectivity index (χ1) is 6.70. The zero-order valence-corrected chi connectivity index (χ0v) is 8.96. The molecule has 0 radical (unpaired) electrons. The Labute approximate surface area is 86.0 Å². The van der Waals surface area contributed by atoms with E-state index in [0.717, 1.165) is 25.8 Å². The van der Waals surface area contributed by atoms with Crippen LogP contribution in [0.2, 0.25) is 0 Å². The van der Waals surface area contributed by atoms with Gasteiger partial charge in [-0.3, -0.25) is 4.79 Å². The molecule has 1 amide bonds. The molecule has 80 valence electrons. The third kappa shape index (κ3) is 2.15. The number of carbonyl (C=O) groups excluding carboxylic acids is 1. The van der Waals surface area contributed by atoms with Crippen molar-refractivity contribution < 1.29 is 4.79 Å². The van der Waals surface area contributed by atoms with Gasteiger partial charge in [-0.25, -0.2) is 0 Å². The lowest BCUT2D eigenvalue weighted by Crippen LogP contribution is -2.41. The van der Waals surface area contributed by atoms with Crippen molar-refractivity contribution in [3.63, 3.8) is 0 Å². The van der Waals surface area contributed by atoms with Gasteiger partial charge in [0.2, 0.25) is 5.91 Å². The summed E-state index contributed by atoms with van der Waals surface area (Å²) in [6, 6.07) is 0. The largest absolute Gasteiger partial charge is 0.338 e. The number of rotatable bonds is 6. The normalized spacial score (nSPS) is 17.6. The van der Waals surface area contributed by atoms with Gasteiger partial charge in [0.05, 0.1) is 5.41 Å². The van der Waals surface area contributed by atoms with Crippen LogP contribution in [-0.2, 0) is 4.79 Å².